The van der Waals surface area contributed by atoms with Gasteiger partial charge in [-0.3, -0.25) is 14.3 Å². The zero-order valence-electron chi connectivity index (χ0n) is 13.5. The van der Waals surface area contributed by atoms with E-state index in [1.807, 2.05) is 24.6 Å². The molecule has 3 rings (SSSR count). The Hall–Kier alpha value is -2.44. The van der Waals surface area contributed by atoms with E-state index >= 15 is 0 Å². The van der Waals surface area contributed by atoms with Gasteiger partial charge in [0.05, 0.1) is 24.9 Å². The van der Waals surface area contributed by atoms with Crippen LogP contribution in [-0.2, 0) is 9.53 Å². The van der Waals surface area contributed by atoms with Crippen LogP contribution < -0.4 is 4.90 Å². The van der Waals surface area contributed by atoms with Gasteiger partial charge >= 0.3 is 5.97 Å². The number of nitrogens with zero attached hydrogens (tertiary/aromatic N) is 5. The number of ether oxygens (including phenoxy) is 1. The highest BCUT2D eigenvalue weighted by Gasteiger charge is 2.27. The van der Waals surface area contributed by atoms with Gasteiger partial charge < -0.3 is 9.64 Å². The summed E-state index contributed by atoms with van der Waals surface area (Å²) >= 11 is 0. The Balaban J connectivity index is 1.79. The summed E-state index contributed by atoms with van der Waals surface area (Å²) in [6, 6.07) is 0. The molecule has 1 fully saturated rings. The topological polar surface area (TPSA) is 73.1 Å². The number of anilines is 1. The lowest BCUT2D eigenvalue weighted by Gasteiger charge is -2.32. The number of hydrogen-bond donors (Lipinski definition) is 0. The van der Waals surface area contributed by atoms with Crippen LogP contribution in [0.1, 0.15) is 25.6 Å². The molecule has 0 amide bonds. The number of esters is 1. The first-order valence-electron chi connectivity index (χ1n) is 7.93. The fourth-order valence-electron chi connectivity index (χ4n) is 2.87. The van der Waals surface area contributed by atoms with Crippen molar-refractivity contribution in [2.45, 2.75) is 26.7 Å². The molecule has 1 aliphatic rings. The van der Waals surface area contributed by atoms with Gasteiger partial charge in [0.1, 0.15) is 11.6 Å². The summed E-state index contributed by atoms with van der Waals surface area (Å²) in [6.45, 7) is 5.67. The lowest BCUT2D eigenvalue weighted by molar-refractivity contribution is -0.148. The number of hydrogen-bond acceptors (Lipinski definition) is 6. The van der Waals surface area contributed by atoms with E-state index in [0.717, 1.165) is 36.8 Å². The number of carbonyl (C=O) groups is 1. The third kappa shape index (κ3) is 3.33. The summed E-state index contributed by atoms with van der Waals surface area (Å²) in [5, 5.41) is 0. The van der Waals surface area contributed by atoms with Crippen LogP contribution in [0.25, 0.3) is 5.82 Å². The number of aryl methyl sites for hydroxylation is 1. The zero-order valence-corrected chi connectivity index (χ0v) is 13.5. The van der Waals surface area contributed by atoms with Crippen LogP contribution in [0.15, 0.2) is 24.8 Å². The molecule has 2 aromatic rings. The van der Waals surface area contributed by atoms with Gasteiger partial charge in [0, 0.05) is 25.5 Å². The Kier molecular flexibility index (Phi) is 4.55. The van der Waals surface area contributed by atoms with Crippen molar-refractivity contribution >= 4 is 11.8 Å². The normalized spacial score (nSPS) is 18.0. The van der Waals surface area contributed by atoms with Crippen LogP contribution in [0, 0.1) is 12.8 Å². The van der Waals surface area contributed by atoms with Crippen LogP contribution in [0.2, 0.25) is 0 Å². The lowest BCUT2D eigenvalue weighted by atomic mass is 9.98. The highest BCUT2D eigenvalue weighted by molar-refractivity contribution is 5.73. The van der Waals surface area contributed by atoms with Gasteiger partial charge in [0.25, 0.3) is 0 Å². The number of piperidine rings is 1. The summed E-state index contributed by atoms with van der Waals surface area (Å²) < 4.78 is 7.04. The zero-order chi connectivity index (χ0) is 16.2. The van der Waals surface area contributed by atoms with Gasteiger partial charge in [-0.15, -0.1) is 0 Å². The van der Waals surface area contributed by atoms with E-state index in [4.69, 9.17) is 4.74 Å². The Morgan fingerprint density at radius 2 is 2.22 bits per heavy atom. The fourth-order valence-corrected chi connectivity index (χ4v) is 2.87. The maximum Gasteiger partial charge on any atom is 0.310 e. The Morgan fingerprint density at radius 1 is 1.39 bits per heavy atom. The number of imidazole rings is 1. The first kappa shape index (κ1) is 15.5. The van der Waals surface area contributed by atoms with E-state index < -0.39 is 0 Å². The summed E-state index contributed by atoms with van der Waals surface area (Å²) in [4.78, 5) is 27.3. The predicted molar refractivity (Wildman–Crippen MR) is 85.5 cm³/mol. The number of aromatic nitrogens is 4. The average molecular weight is 315 g/mol. The van der Waals surface area contributed by atoms with Gasteiger partial charge in [0.2, 0.25) is 0 Å². The molecule has 1 atom stereocenters. The SMILES string of the molecule is CCOC(=O)[C@@H]1CCCN(c2cncc(-n3ccnc3C)n2)C1. The van der Waals surface area contributed by atoms with Gasteiger partial charge in [-0.1, -0.05) is 0 Å². The van der Waals surface area contributed by atoms with Crippen molar-refractivity contribution in [3.63, 3.8) is 0 Å². The van der Waals surface area contributed by atoms with E-state index in [2.05, 4.69) is 19.9 Å². The lowest BCUT2D eigenvalue weighted by Crippen LogP contribution is -2.40. The molecule has 23 heavy (non-hydrogen) atoms. The number of carbonyl (C=O) groups excluding carboxylic acids is 1. The monoisotopic (exact) mass is 315 g/mol. The molecule has 0 aliphatic carbocycles. The standard InChI is InChI=1S/C16H21N5O2/c1-3-23-16(22)13-5-4-7-20(11-13)14-9-17-10-15(19-14)21-8-6-18-12(21)2/h6,8-10,13H,3-5,7,11H2,1-2H3/t13-/m1/s1. The third-order valence-corrected chi connectivity index (χ3v) is 4.05. The molecule has 0 bridgehead atoms. The van der Waals surface area contributed by atoms with E-state index in [1.165, 1.54) is 0 Å². The molecule has 0 spiro atoms. The van der Waals surface area contributed by atoms with Crippen molar-refractivity contribution in [1.82, 2.24) is 19.5 Å². The van der Waals surface area contributed by atoms with Crippen molar-refractivity contribution in [1.29, 1.82) is 0 Å². The molecule has 122 valence electrons. The summed E-state index contributed by atoms with van der Waals surface area (Å²) in [7, 11) is 0. The van der Waals surface area contributed by atoms with E-state index in [9.17, 15) is 4.79 Å². The summed E-state index contributed by atoms with van der Waals surface area (Å²) in [6.07, 6.45) is 8.86. The molecule has 0 N–H and O–H groups in total. The second-order valence-corrected chi connectivity index (χ2v) is 5.62. The molecule has 0 radical (unpaired) electrons. The maximum absolute atomic E-state index is 12.0. The molecule has 0 saturated carbocycles. The molecular formula is C16H21N5O2. The minimum absolute atomic E-state index is 0.0934. The first-order chi connectivity index (χ1) is 11.2. The van der Waals surface area contributed by atoms with Crippen LogP contribution in [0.4, 0.5) is 5.82 Å². The molecule has 1 saturated heterocycles. The van der Waals surface area contributed by atoms with Crippen molar-refractivity contribution in [2.24, 2.45) is 5.92 Å². The Labute approximate surface area is 135 Å². The molecule has 2 aromatic heterocycles. The quantitative estimate of drug-likeness (QED) is 0.800. The van der Waals surface area contributed by atoms with E-state index in [-0.39, 0.29) is 11.9 Å². The molecular weight excluding hydrogens is 294 g/mol. The second kappa shape index (κ2) is 6.76. The minimum Gasteiger partial charge on any atom is -0.466 e. The van der Waals surface area contributed by atoms with Crippen molar-refractivity contribution in [3.05, 3.63) is 30.6 Å². The van der Waals surface area contributed by atoms with Crippen molar-refractivity contribution in [2.75, 3.05) is 24.6 Å². The van der Waals surface area contributed by atoms with Crippen molar-refractivity contribution in [3.8, 4) is 5.82 Å². The molecule has 0 aromatic carbocycles. The summed E-state index contributed by atoms with van der Waals surface area (Å²) in [5.74, 6) is 2.16. The molecule has 3 heterocycles. The molecule has 7 nitrogen and oxygen atoms in total. The first-order valence-corrected chi connectivity index (χ1v) is 7.93. The number of rotatable bonds is 4. The van der Waals surface area contributed by atoms with Gasteiger partial charge in [-0.05, 0) is 26.7 Å². The summed E-state index contributed by atoms with van der Waals surface area (Å²) in [5.41, 5.74) is 0. The molecule has 0 unspecified atom stereocenters. The second-order valence-electron chi connectivity index (χ2n) is 5.62. The maximum atomic E-state index is 12.0. The van der Waals surface area contributed by atoms with Gasteiger partial charge in [-0.2, -0.15) is 0 Å². The third-order valence-electron chi connectivity index (χ3n) is 4.05. The smallest absolute Gasteiger partial charge is 0.310 e. The van der Waals surface area contributed by atoms with Crippen molar-refractivity contribution < 1.29 is 9.53 Å². The van der Waals surface area contributed by atoms with Crippen LogP contribution >= 0.6 is 0 Å². The van der Waals surface area contributed by atoms with Crippen LogP contribution in [0.3, 0.4) is 0 Å². The van der Waals surface area contributed by atoms with Gasteiger partial charge in [-0.25, -0.2) is 9.97 Å². The minimum atomic E-state index is -0.119. The highest BCUT2D eigenvalue weighted by atomic mass is 16.5. The van der Waals surface area contributed by atoms with E-state index in [1.54, 1.807) is 18.6 Å². The average Bonchev–Trinajstić information content (AvgIpc) is 3.01. The highest BCUT2D eigenvalue weighted by Crippen LogP contribution is 2.23. The molecule has 7 heteroatoms. The van der Waals surface area contributed by atoms with Gasteiger partial charge in [0.15, 0.2) is 5.82 Å². The largest absolute Gasteiger partial charge is 0.466 e. The van der Waals surface area contributed by atoms with E-state index in [0.29, 0.717) is 13.2 Å². The Morgan fingerprint density at radius 3 is 2.96 bits per heavy atom. The Bertz CT molecular complexity index is 685. The predicted octanol–water partition coefficient (Wildman–Crippen LogP) is 1.75. The molecule has 1 aliphatic heterocycles. The van der Waals surface area contributed by atoms with Crippen LogP contribution in [-0.4, -0.2) is 45.2 Å². The van der Waals surface area contributed by atoms with Crippen LogP contribution in [0.5, 0.6) is 0 Å². The fraction of sp³-hybridized carbons (Fsp3) is 0.500.